The van der Waals surface area contributed by atoms with Crippen LogP contribution in [0.4, 0.5) is 0 Å². The normalized spacial score (nSPS) is 11.5. The summed E-state index contributed by atoms with van der Waals surface area (Å²) in [4.78, 5) is 27.5. The first kappa shape index (κ1) is 15.8. The van der Waals surface area contributed by atoms with Crippen molar-refractivity contribution in [1.82, 2.24) is 0 Å². The van der Waals surface area contributed by atoms with Crippen LogP contribution in [0.2, 0.25) is 0 Å². The van der Waals surface area contributed by atoms with Crippen LogP contribution in [0.1, 0.15) is 20.7 Å². The molecule has 0 saturated heterocycles. The third-order valence-electron chi connectivity index (χ3n) is 2.77. The average molecular weight is 321 g/mol. The second-order valence-electron chi connectivity index (χ2n) is 4.16. The van der Waals surface area contributed by atoms with Crippen molar-refractivity contribution < 1.29 is 27.4 Å². The summed E-state index contributed by atoms with van der Waals surface area (Å²) in [5.41, 5.74) is 1.19. The Hall–Kier alpha value is -2.55. The molecule has 1 atom stereocenters. The van der Waals surface area contributed by atoms with Crippen molar-refractivity contribution in [2.24, 2.45) is 5.90 Å². The van der Waals surface area contributed by atoms with Crippen molar-refractivity contribution in [3.63, 3.8) is 0 Å². The molecule has 1 unspecified atom stereocenters. The first-order chi connectivity index (χ1) is 10.5. The number of carbonyl (C=O) groups is 2. The highest BCUT2D eigenvalue weighted by molar-refractivity contribution is 7.74. The minimum atomic E-state index is -2.76. The lowest BCUT2D eigenvalue weighted by atomic mass is 10.00. The molecule has 0 aliphatic carbocycles. The van der Waals surface area contributed by atoms with E-state index in [0.717, 1.165) is 11.6 Å². The molecule has 0 heterocycles. The maximum Gasteiger partial charge on any atom is 0.360 e. The van der Waals surface area contributed by atoms with Crippen LogP contribution in [0.25, 0.3) is 11.1 Å². The van der Waals surface area contributed by atoms with Gasteiger partial charge in [-0.05, 0) is 29.3 Å². The van der Waals surface area contributed by atoms with Gasteiger partial charge in [-0.3, -0.25) is 4.55 Å². The number of rotatable bonds is 4. The summed E-state index contributed by atoms with van der Waals surface area (Å²) >= 11 is -2.76. The topological polar surface area (TPSA) is 116 Å². The van der Waals surface area contributed by atoms with Crippen molar-refractivity contribution in [2.45, 2.75) is 0 Å². The van der Waals surface area contributed by atoms with Gasteiger partial charge in [0.15, 0.2) is 0 Å². The molecule has 3 N–H and O–H groups in total. The van der Waals surface area contributed by atoms with Crippen LogP contribution >= 0.6 is 0 Å². The van der Waals surface area contributed by atoms with E-state index in [0.29, 0.717) is 5.56 Å². The Kier molecular flexibility index (Phi) is 4.99. The van der Waals surface area contributed by atoms with Gasteiger partial charge < -0.3 is 9.02 Å². The van der Waals surface area contributed by atoms with Crippen molar-refractivity contribution >= 4 is 23.3 Å². The molecular weight excluding hydrogens is 310 g/mol. The van der Waals surface area contributed by atoms with E-state index in [1.165, 1.54) is 12.1 Å². The highest BCUT2D eigenvalue weighted by Crippen LogP contribution is 2.23. The molecule has 8 heteroatoms. The maximum absolute atomic E-state index is 11.7. The van der Waals surface area contributed by atoms with E-state index >= 15 is 0 Å². The Morgan fingerprint density at radius 3 is 2.09 bits per heavy atom. The van der Waals surface area contributed by atoms with Crippen molar-refractivity contribution in [2.75, 3.05) is 0 Å². The quantitative estimate of drug-likeness (QED) is 0.650. The minimum absolute atomic E-state index is 0.0134. The van der Waals surface area contributed by atoms with Gasteiger partial charge in [-0.25, -0.2) is 9.59 Å². The predicted molar refractivity (Wildman–Crippen MR) is 77.7 cm³/mol. The van der Waals surface area contributed by atoms with Gasteiger partial charge in [0.25, 0.3) is 0 Å². The van der Waals surface area contributed by atoms with Crippen LogP contribution in [-0.4, -0.2) is 20.7 Å². The molecule has 0 fully saturated rings. The summed E-state index contributed by atoms with van der Waals surface area (Å²) in [7, 11) is 0. The molecule has 0 aliphatic heterocycles. The minimum Gasteiger partial charge on any atom is -0.370 e. The molecule has 0 radical (unpaired) electrons. The van der Waals surface area contributed by atoms with Gasteiger partial charge in [0.2, 0.25) is 0 Å². The Balaban J connectivity index is 2.52. The summed E-state index contributed by atoms with van der Waals surface area (Å²) in [6.07, 6.45) is 0. The molecule has 22 heavy (non-hydrogen) atoms. The monoisotopic (exact) mass is 321 g/mol. The smallest absolute Gasteiger partial charge is 0.360 e. The third-order valence-corrected chi connectivity index (χ3v) is 3.06. The van der Waals surface area contributed by atoms with Crippen LogP contribution in [0.3, 0.4) is 0 Å². The van der Waals surface area contributed by atoms with Crippen LogP contribution in [0, 0.1) is 0 Å². The molecule has 0 saturated carbocycles. The standard InChI is InChI=1S/C14H11NO6S/c15-20-13(16)11-6-10(9-4-2-1-3-5-9)7-12(8-11)14(17)21-22(18)19/h1-8H,15H2,(H,18,19). The lowest BCUT2D eigenvalue weighted by Gasteiger charge is -2.07. The fourth-order valence-corrected chi connectivity index (χ4v) is 2.07. The first-order valence-corrected chi connectivity index (χ1v) is 6.99. The molecule has 114 valence electrons. The largest absolute Gasteiger partial charge is 0.370 e. The maximum atomic E-state index is 11.7. The molecular formula is C14H11NO6S. The molecule has 0 aliphatic rings. The van der Waals surface area contributed by atoms with Gasteiger partial charge in [0.05, 0.1) is 11.1 Å². The Labute approximate surface area is 128 Å². The third kappa shape index (κ3) is 3.76. The average Bonchev–Trinajstić information content (AvgIpc) is 2.53. The number of carbonyl (C=O) groups excluding carboxylic acids is 2. The lowest BCUT2D eigenvalue weighted by molar-refractivity contribution is 0.0503. The van der Waals surface area contributed by atoms with E-state index in [4.69, 9.17) is 10.4 Å². The van der Waals surface area contributed by atoms with E-state index in [-0.39, 0.29) is 11.1 Å². The summed E-state index contributed by atoms with van der Waals surface area (Å²) in [6.45, 7) is 0. The highest BCUT2D eigenvalue weighted by Gasteiger charge is 2.17. The van der Waals surface area contributed by atoms with Gasteiger partial charge in [-0.2, -0.15) is 10.1 Å². The fourth-order valence-electron chi connectivity index (χ4n) is 1.84. The first-order valence-electron chi connectivity index (χ1n) is 5.96. The van der Waals surface area contributed by atoms with Crippen LogP contribution < -0.4 is 5.90 Å². The van der Waals surface area contributed by atoms with Gasteiger partial charge >= 0.3 is 23.3 Å². The zero-order valence-corrected chi connectivity index (χ0v) is 11.9. The number of hydrogen-bond acceptors (Lipinski definition) is 6. The zero-order valence-electron chi connectivity index (χ0n) is 11.1. The molecule has 2 aromatic carbocycles. The zero-order chi connectivity index (χ0) is 16.1. The Morgan fingerprint density at radius 2 is 1.55 bits per heavy atom. The molecule has 0 bridgehead atoms. The van der Waals surface area contributed by atoms with Crippen molar-refractivity contribution in [3.8, 4) is 11.1 Å². The molecule has 0 amide bonds. The van der Waals surface area contributed by atoms with Crippen molar-refractivity contribution in [3.05, 3.63) is 59.7 Å². The van der Waals surface area contributed by atoms with Crippen LogP contribution in [0.5, 0.6) is 0 Å². The Bertz CT molecular complexity index is 731. The number of benzene rings is 2. The van der Waals surface area contributed by atoms with Crippen molar-refractivity contribution in [1.29, 1.82) is 0 Å². The van der Waals surface area contributed by atoms with Gasteiger partial charge in [0, 0.05) is 0 Å². The summed E-state index contributed by atoms with van der Waals surface area (Å²) in [5, 5.41) is 0. The molecule has 2 rings (SSSR count). The Morgan fingerprint density at radius 1 is 0.955 bits per heavy atom. The second kappa shape index (κ2) is 6.94. The van der Waals surface area contributed by atoms with E-state index in [1.807, 2.05) is 6.07 Å². The molecule has 0 aromatic heterocycles. The SMILES string of the molecule is NOC(=O)c1cc(C(=O)OS(=O)O)cc(-c2ccccc2)c1. The summed E-state index contributed by atoms with van der Waals surface area (Å²) < 4.78 is 23.4. The van der Waals surface area contributed by atoms with E-state index in [9.17, 15) is 13.8 Å². The number of nitrogens with two attached hydrogens (primary N) is 1. The van der Waals surface area contributed by atoms with E-state index in [1.54, 1.807) is 24.3 Å². The molecule has 7 nitrogen and oxygen atoms in total. The van der Waals surface area contributed by atoms with E-state index in [2.05, 4.69) is 9.02 Å². The lowest BCUT2D eigenvalue weighted by Crippen LogP contribution is -2.13. The molecule has 0 spiro atoms. The van der Waals surface area contributed by atoms with Gasteiger partial charge in [-0.1, -0.05) is 30.3 Å². The second-order valence-corrected chi connectivity index (χ2v) is 4.76. The highest BCUT2D eigenvalue weighted by atomic mass is 32.2. The number of hydrogen-bond donors (Lipinski definition) is 2. The van der Waals surface area contributed by atoms with Gasteiger partial charge in [-0.15, -0.1) is 0 Å². The van der Waals surface area contributed by atoms with Crippen LogP contribution in [-0.2, 0) is 20.4 Å². The predicted octanol–water partition coefficient (Wildman–Crippen LogP) is 1.68. The summed E-state index contributed by atoms with van der Waals surface area (Å²) in [5.74, 6) is 2.94. The fraction of sp³-hybridized carbons (Fsp3) is 0. The molecule has 2 aromatic rings. The van der Waals surface area contributed by atoms with Crippen LogP contribution in [0.15, 0.2) is 48.5 Å². The van der Waals surface area contributed by atoms with E-state index < -0.39 is 23.3 Å². The summed E-state index contributed by atoms with van der Waals surface area (Å²) in [6, 6.07) is 13.0. The van der Waals surface area contributed by atoms with Gasteiger partial charge in [0.1, 0.15) is 0 Å².